The first-order valence-corrected chi connectivity index (χ1v) is 5.37. The summed E-state index contributed by atoms with van der Waals surface area (Å²) in [6, 6.07) is 8.02. The Labute approximate surface area is 96.2 Å². The average molecular weight is 220 g/mol. The fourth-order valence-corrected chi connectivity index (χ4v) is 1.38. The molecule has 0 unspecified atom stereocenters. The molecule has 3 heteroatoms. The number of nitrogens with zero attached hydrogens (tertiary/aromatic N) is 1. The van der Waals surface area contributed by atoms with Gasteiger partial charge in [0.15, 0.2) is 0 Å². The zero-order valence-electron chi connectivity index (χ0n) is 9.16. The molecular formula is C12H16N2S. The van der Waals surface area contributed by atoms with E-state index in [2.05, 4.69) is 17.1 Å². The summed E-state index contributed by atoms with van der Waals surface area (Å²) in [6.07, 6.45) is 0.961. The molecule has 0 aliphatic heterocycles. The zero-order valence-corrected chi connectivity index (χ0v) is 9.97. The molecule has 0 saturated heterocycles. The van der Waals surface area contributed by atoms with Crippen LogP contribution >= 0.6 is 12.2 Å². The summed E-state index contributed by atoms with van der Waals surface area (Å²) >= 11 is 4.88. The number of rotatable bonds is 4. The van der Waals surface area contributed by atoms with Crippen LogP contribution in [0.5, 0.6) is 0 Å². The van der Waals surface area contributed by atoms with Gasteiger partial charge in [-0.1, -0.05) is 36.5 Å². The molecule has 15 heavy (non-hydrogen) atoms. The first-order chi connectivity index (χ1) is 7.09. The lowest BCUT2D eigenvalue weighted by Crippen LogP contribution is -2.09. The van der Waals surface area contributed by atoms with Crippen LogP contribution in [-0.2, 0) is 6.42 Å². The zero-order chi connectivity index (χ0) is 11.3. The monoisotopic (exact) mass is 220 g/mol. The molecule has 0 amide bonds. The Balaban J connectivity index is 2.57. The molecule has 1 rings (SSSR count). The smallest absolute Gasteiger partial charge is 0.103 e. The minimum Gasteiger partial charge on any atom is -0.389 e. The predicted molar refractivity (Wildman–Crippen MR) is 69.7 cm³/mol. The van der Waals surface area contributed by atoms with Crippen LogP contribution < -0.4 is 5.73 Å². The lowest BCUT2D eigenvalue weighted by molar-refractivity contribution is 0.965. The van der Waals surface area contributed by atoms with Gasteiger partial charge in [0.25, 0.3) is 0 Å². The first-order valence-electron chi connectivity index (χ1n) is 4.96. The number of thiocarbonyl (C=S) groups is 1. The van der Waals surface area contributed by atoms with Gasteiger partial charge in [-0.2, -0.15) is 0 Å². The maximum absolute atomic E-state index is 5.51. The van der Waals surface area contributed by atoms with Gasteiger partial charge in [-0.15, -0.1) is 0 Å². The summed E-state index contributed by atoms with van der Waals surface area (Å²) in [5.74, 6) is 0. The average Bonchev–Trinajstić information content (AvgIpc) is 2.18. The molecule has 0 aromatic heterocycles. The molecule has 0 aliphatic carbocycles. The molecule has 2 N–H and O–H groups in total. The van der Waals surface area contributed by atoms with Gasteiger partial charge in [-0.25, -0.2) is 0 Å². The standard InChI is InChI=1S/C12H16N2S/c1-9(2)14-8-7-10-3-5-11(6-4-10)12(13)15/h3-6H,7-8H2,1-2H3,(H2,13,15). The largest absolute Gasteiger partial charge is 0.389 e. The summed E-state index contributed by atoms with van der Waals surface area (Å²) in [5.41, 5.74) is 8.82. The van der Waals surface area contributed by atoms with Crippen molar-refractivity contribution in [3.63, 3.8) is 0 Å². The first kappa shape index (κ1) is 11.9. The van der Waals surface area contributed by atoms with Crippen molar-refractivity contribution in [1.82, 2.24) is 0 Å². The van der Waals surface area contributed by atoms with E-state index in [1.165, 1.54) is 5.56 Å². The molecule has 0 radical (unpaired) electrons. The quantitative estimate of drug-likeness (QED) is 0.625. The summed E-state index contributed by atoms with van der Waals surface area (Å²) < 4.78 is 0. The van der Waals surface area contributed by atoms with Crippen molar-refractivity contribution in [1.29, 1.82) is 0 Å². The minimum absolute atomic E-state index is 0.448. The Morgan fingerprint density at radius 1 is 1.27 bits per heavy atom. The predicted octanol–water partition coefficient (Wildman–Crippen LogP) is 2.34. The lowest BCUT2D eigenvalue weighted by Gasteiger charge is -2.01. The second-order valence-electron chi connectivity index (χ2n) is 3.64. The van der Waals surface area contributed by atoms with E-state index in [1.54, 1.807) is 0 Å². The van der Waals surface area contributed by atoms with Gasteiger partial charge in [0.2, 0.25) is 0 Å². The van der Waals surface area contributed by atoms with Gasteiger partial charge in [0.1, 0.15) is 4.99 Å². The fourth-order valence-electron chi connectivity index (χ4n) is 1.24. The molecule has 0 atom stereocenters. The third-order valence-electron chi connectivity index (χ3n) is 2.07. The summed E-state index contributed by atoms with van der Waals surface area (Å²) in [7, 11) is 0. The molecule has 1 aromatic carbocycles. The van der Waals surface area contributed by atoms with Crippen LogP contribution in [0.2, 0.25) is 0 Å². The molecule has 0 saturated carbocycles. The third kappa shape index (κ3) is 4.21. The van der Waals surface area contributed by atoms with Crippen molar-refractivity contribution in [3.8, 4) is 0 Å². The van der Waals surface area contributed by atoms with Crippen LogP contribution in [0.1, 0.15) is 25.0 Å². The Morgan fingerprint density at radius 3 is 2.33 bits per heavy atom. The topological polar surface area (TPSA) is 38.4 Å². The van der Waals surface area contributed by atoms with Crippen molar-refractivity contribution in [3.05, 3.63) is 35.4 Å². The number of benzene rings is 1. The van der Waals surface area contributed by atoms with E-state index in [4.69, 9.17) is 18.0 Å². The molecule has 0 heterocycles. The Bertz CT molecular complexity index is 362. The van der Waals surface area contributed by atoms with Crippen molar-refractivity contribution in [2.24, 2.45) is 10.7 Å². The van der Waals surface area contributed by atoms with Crippen LogP contribution in [0.25, 0.3) is 0 Å². The van der Waals surface area contributed by atoms with Gasteiger partial charge in [0, 0.05) is 17.8 Å². The van der Waals surface area contributed by atoms with Crippen LogP contribution in [0, 0.1) is 0 Å². The minimum atomic E-state index is 0.448. The molecule has 0 spiro atoms. The van der Waals surface area contributed by atoms with Crippen LogP contribution in [-0.4, -0.2) is 17.2 Å². The van der Waals surface area contributed by atoms with Crippen molar-refractivity contribution < 1.29 is 0 Å². The number of hydrogen-bond acceptors (Lipinski definition) is 2. The van der Waals surface area contributed by atoms with Crippen molar-refractivity contribution in [2.75, 3.05) is 6.54 Å². The van der Waals surface area contributed by atoms with Crippen molar-refractivity contribution >= 4 is 22.9 Å². The molecule has 80 valence electrons. The molecule has 2 nitrogen and oxygen atoms in total. The Morgan fingerprint density at radius 2 is 1.87 bits per heavy atom. The van der Waals surface area contributed by atoms with Crippen LogP contribution in [0.3, 0.4) is 0 Å². The highest BCUT2D eigenvalue weighted by Gasteiger charge is 1.96. The third-order valence-corrected chi connectivity index (χ3v) is 2.30. The highest BCUT2D eigenvalue weighted by atomic mass is 32.1. The number of aliphatic imine (C=N–C) groups is 1. The van der Waals surface area contributed by atoms with Crippen LogP contribution in [0.4, 0.5) is 0 Å². The van der Waals surface area contributed by atoms with E-state index >= 15 is 0 Å². The van der Waals surface area contributed by atoms with E-state index in [0.717, 1.165) is 24.2 Å². The van der Waals surface area contributed by atoms with Gasteiger partial charge < -0.3 is 5.73 Å². The highest BCUT2D eigenvalue weighted by molar-refractivity contribution is 7.80. The molecule has 0 bridgehead atoms. The van der Waals surface area contributed by atoms with E-state index in [1.807, 2.05) is 26.0 Å². The Hall–Kier alpha value is -1.22. The van der Waals surface area contributed by atoms with E-state index < -0.39 is 0 Å². The molecule has 0 fully saturated rings. The molecule has 0 aliphatic rings. The van der Waals surface area contributed by atoms with Gasteiger partial charge in [0.05, 0.1) is 0 Å². The second-order valence-corrected chi connectivity index (χ2v) is 4.08. The molecule has 1 aromatic rings. The lowest BCUT2D eigenvalue weighted by atomic mass is 10.1. The van der Waals surface area contributed by atoms with Gasteiger partial charge >= 0.3 is 0 Å². The maximum Gasteiger partial charge on any atom is 0.103 e. The summed E-state index contributed by atoms with van der Waals surface area (Å²) in [6.45, 7) is 4.86. The van der Waals surface area contributed by atoms with Crippen molar-refractivity contribution in [2.45, 2.75) is 20.3 Å². The van der Waals surface area contributed by atoms with Gasteiger partial charge in [-0.3, -0.25) is 4.99 Å². The molecular weight excluding hydrogens is 204 g/mol. The van der Waals surface area contributed by atoms with Crippen LogP contribution in [0.15, 0.2) is 29.3 Å². The number of hydrogen-bond donors (Lipinski definition) is 1. The van der Waals surface area contributed by atoms with Gasteiger partial charge in [-0.05, 0) is 25.8 Å². The Kier molecular flexibility index (Phi) is 4.43. The highest BCUT2D eigenvalue weighted by Crippen LogP contribution is 2.05. The maximum atomic E-state index is 5.51. The van der Waals surface area contributed by atoms with E-state index in [-0.39, 0.29) is 0 Å². The fraction of sp³-hybridized carbons (Fsp3) is 0.333. The summed E-state index contributed by atoms with van der Waals surface area (Å²) in [5, 5.41) is 0. The summed E-state index contributed by atoms with van der Waals surface area (Å²) in [4.78, 5) is 4.79. The SMILES string of the molecule is CC(C)=NCCc1ccc(C(N)=S)cc1. The second kappa shape index (κ2) is 5.61. The normalized spacial score (nSPS) is 9.73. The van der Waals surface area contributed by atoms with E-state index in [0.29, 0.717) is 4.99 Å². The van der Waals surface area contributed by atoms with E-state index in [9.17, 15) is 0 Å². The number of nitrogens with two attached hydrogens (primary N) is 1.